The average molecular weight is 417 g/mol. The van der Waals surface area contributed by atoms with Gasteiger partial charge in [-0.2, -0.15) is 0 Å². The van der Waals surface area contributed by atoms with Crippen LogP contribution in [0.3, 0.4) is 0 Å². The molecule has 8 nitrogen and oxygen atoms in total. The molecule has 2 aliphatic rings. The van der Waals surface area contributed by atoms with Crippen molar-refractivity contribution < 1.29 is 28.9 Å². The molecule has 10 heteroatoms. The predicted molar refractivity (Wildman–Crippen MR) is 101 cm³/mol. The Bertz CT molecular complexity index is 1110. The van der Waals surface area contributed by atoms with E-state index in [1.165, 1.54) is 11.0 Å². The largest absolute Gasteiger partial charge is 0.490 e. The minimum absolute atomic E-state index is 0.00718. The third-order valence-corrected chi connectivity index (χ3v) is 5.97. The van der Waals surface area contributed by atoms with E-state index in [1.807, 2.05) is 0 Å². The monoisotopic (exact) mass is 417 g/mol. The van der Waals surface area contributed by atoms with Crippen LogP contribution in [0.1, 0.15) is 32.8 Å². The molecular formula is C19H16FN3O5S. The van der Waals surface area contributed by atoms with Crippen LogP contribution < -0.4 is 10.5 Å². The summed E-state index contributed by atoms with van der Waals surface area (Å²) in [5.41, 5.74) is 3.92. The molecule has 4 rings (SSSR count). The number of aliphatic hydroxyl groups is 2. The average Bonchev–Trinajstić information content (AvgIpc) is 3.20. The molecule has 0 spiro atoms. The summed E-state index contributed by atoms with van der Waals surface area (Å²) in [5.74, 6) is 3.12. The molecule has 4 N–H and O–H groups in total. The van der Waals surface area contributed by atoms with E-state index in [9.17, 15) is 24.2 Å². The molecule has 2 aliphatic heterocycles. The fraction of sp³-hybridized carbons (Fsp3) is 0.316. The van der Waals surface area contributed by atoms with Crippen LogP contribution in [0, 0.1) is 17.7 Å². The maximum absolute atomic E-state index is 14.6. The molecule has 150 valence electrons. The van der Waals surface area contributed by atoms with Gasteiger partial charge < -0.3 is 25.6 Å². The number of halogens is 1. The highest BCUT2D eigenvalue weighted by molar-refractivity contribution is 7.14. The lowest BCUT2D eigenvalue weighted by Crippen LogP contribution is -2.37. The number of nitrogens with zero attached hydrogens (tertiary/aromatic N) is 2. The van der Waals surface area contributed by atoms with Crippen molar-refractivity contribution in [3.8, 4) is 28.8 Å². The van der Waals surface area contributed by atoms with Crippen LogP contribution in [-0.2, 0) is 4.79 Å². The van der Waals surface area contributed by atoms with Crippen molar-refractivity contribution in [2.75, 3.05) is 20.2 Å². The molecule has 1 aromatic carbocycles. The molecule has 0 radical (unpaired) electrons. The van der Waals surface area contributed by atoms with Gasteiger partial charge in [0.25, 0.3) is 11.8 Å². The van der Waals surface area contributed by atoms with Gasteiger partial charge in [-0.3, -0.25) is 9.59 Å². The van der Waals surface area contributed by atoms with E-state index in [1.54, 1.807) is 7.05 Å². The van der Waals surface area contributed by atoms with Gasteiger partial charge >= 0.3 is 0 Å². The van der Waals surface area contributed by atoms with Gasteiger partial charge in [0.05, 0.1) is 16.1 Å². The van der Waals surface area contributed by atoms with Crippen LogP contribution in [0.4, 0.5) is 4.39 Å². The first-order chi connectivity index (χ1) is 13.7. The topological polar surface area (TPSA) is 126 Å². The number of nitrogens with two attached hydrogens (primary N) is 1. The molecule has 1 fully saturated rings. The third kappa shape index (κ3) is 3.23. The van der Waals surface area contributed by atoms with Gasteiger partial charge in [0, 0.05) is 31.6 Å². The number of aliphatic hydroxyl groups excluding tert-OH is 1. The molecule has 2 amide bonds. The number of rotatable bonds is 1. The smallest absolute Gasteiger partial charge is 0.277 e. The Hall–Kier alpha value is -3.00. The van der Waals surface area contributed by atoms with Crippen molar-refractivity contribution in [2.45, 2.75) is 18.1 Å². The number of carbonyl (C=O) groups excluding carboxylic acids is 2. The minimum Gasteiger partial charge on any atom is -0.490 e. The molecule has 0 unspecified atom stereocenters. The first kappa shape index (κ1) is 19.3. The molecule has 29 heavy (non-hydrogen) atoms. The zero-order chi connectivity index (χ0) is 20.9. The lowest BCUT2D eigenvalue weighted by Gasteiger charge is -2.13. The van der Waals surface area contributed by atoms with E-state index in [2.05, 4.69) is 16.8 Å². The summed E-state index contributed by atoms with van der Waals surface area (Å²) in [4.78, 5) is 29.4. The molecule has 2 atom stereocenters. The summed E-state index contributed by atoms with van der Waals surface area (Å²) in [6.07, 6.45) is -0.942. The molecule has 0 bridgehead atoms. The number of benzene rings is 1. The van der Waals surface area contributed by atoms with E-state index in [0.29, 0.717) is 17.0 Å². The molecule has 2 aromatic rings. The first-order valence-electron chi connectivity index (χ1n) is 8.66. The Morgan fingerprint density at radius 1 is 1.52 bits per heavy atom. The quantitative estimate of drug-likeness (QED) is 0.578. The van der Waals surface area contributed by atoms with Gasteiger partial charge in [-0.15, -0.1) is 11.3 Å². The van der Waals surface area contributed by atoms with Crippen LogP contribution in [0.5, 0.6) is 5.75 Å². The van der Waals surface area contributed by atoms with Crippen LogP contribution >= 0.6 is 11.3 Å². The number of hydrogen-bond donors (Lipinski definition) is 3. The number of amides is 2. The van der Waals surface area contributed by atoms with Gasteiger partial charge in [-0.1, -0.05) is 11.8 Å². The number of carbonyl (C=O) groups is 2. The Kier molecular flexibility index (Phi) is 4.53. The van der Waals surface area contributed by atoms with Gasteiger partial charge in [-0.05, 0) is 6.07 Å². The van der Waals surface area contributed by atoms with E-state index < -0.39 is 29.3 Å². The lowest BCUT2D eigenvalue weighted by molar-refractivity contribution is -0.137. The summed E-state index contributed by atoms with van der Waals surface area (Å²) in [5, 5.41) is 20.7. The van der Waals surface area contributed by atoms with E-state index in [-0.39, 0.29) is 35.0 Å². The molecule has 0 aliphatic carbocycles. The van der Waals surface area contributed by atoms with Crippen molar-refractivity contribution in [1.82, 2.24) is 9.88 Å². The number of primary amides is 1. The van der Waals surface area contributed by atoms with Crippen LogP contribution in [0.2, 0.25) is 0 Å². The predicted octanol–water partition coefficient (Wildman–Crippen LogP) is 0.419. The molecule has 1 aromatic heterocycles. The van der Waals surface area contributed by atoms with Crippen LogP contribution in [-0.4, -0.2) is 57.7 Å². The summed E-state index contributed by atoms with van der Waals surface area (Å²) in [6.45, 7) is 0.200. The Balaban J connectivity index is 1.81. The fourth-order valence-corrected chi connectivity index (χ4v) is 4.10. The standard InChI is InChI=1S/C19H16FN3O5S/c1-23-5-4-19(27,18(23)26)3-2-9-6-10-13(7-11(9)20)28-8-12(24)15-14(10)22-17(29-15)16(21)25/h6-7,12,24,27H,4-5,8H2,1H3,(H2,21,25)/t12-,19-/m0/s1. The first-order valence-corrected chi connectivity index (χ1v) is 9.47. The van der Waals surface area contributed by atoms with Gasteiger partial charge in [0.15, 0.2) is 5.01 Å². The number of fused-ring (bicyclic) bond motifs is 3. The number of hydrogen-bond acceptors (Lipinski definition) is 7. The van der Waals surface area contributed by atoms with Crippen molar-refractivity contribution in [3.63, 3.8) is 0 Å². The summed E-state index contributed by atoms with van der Waals surface area (Å²) < 4.78 is 20.0. The highest BCUT2D eigenvalue weighted by Gasteiger charge is 2.42. The zero-order valence-electron chi connectivity index (χ0n) is 15.2. The fourth-order valence-electron chi connectivity index (χ4n) is 3.20. The maximum atomic E-state index is 14.6. The number of aromatic nitrogens is 1. The van der Waals surface area contributed by atoms with Gasteiger partial charge in [-0.25, -0.2) is 9.37 Å². The Labute approximate surface area is 168 Å². The summed E-state index contributed by atoms with van der Waals surface area (Å²) in [6, 6.07) is 2.45. The van der Waals surface area contributed by atoms with E-state index >= 15 is 0 Å². The zero-order valence-corrected chi connectivity index (χ0v) is 16.0. The number of likely N-dealkylation sites (tertiary alicyclic amines) is 1. The van der Waals surface area contributed by atoms with Crippen LogP contribution in [0.25, 0.3) is 11.3 Å². The third-order valence-electron chi connectivity index (χ3n) is 4.80. The molecule has 3 heterocycles. The minimum atomic E-state index is -1.87. The second kappa shape index (κ2) is 6.81. The lowest BCUT2D eigenvalue weighted by atomic mass is 10.0. The molecule has 1 saturated heterocycles. The second-order valence-electron chi connectivity index (χ2n) is 6.84. The van der Waals surface area contributed by atoms with Crippen molar-refractivity contribution in [1.29, 1.82) is 0 Å². The number of ether oxygens (including phenoxy) is 1. The van der Waals surface area contributed by atoms with Gasteiger partial charge in [0.2, 0.25) is 5.60 Å². The molecular weight excluding hydrogens is 401 g/mol. The second-order valence-corrected chi connectivity index (χ2v) is 7.87. The number of likely N-dealkylation sites (N-methyl/N-ethyl adjacent to an activating group) is 1. The maximum Gasteiger partial charge on any atom is 0.277 e. The highest BCUT2D eigenvalue weighted by atomic mass is 32.1. The van der Waals surface area contributed by atoms with E-state index in [0.717, 1.165) is 17.4 Å². The van der Waals surface area contributed by atoms with Crippen molar-refractivity contribution in [2.24, 2.45) is 5.73 Å². The highest BCUT2D eigenvalue weighted by Crippen LogP contribution is 2.41. The van der Waals surface area contributed by atoms with Gasteiger partial charge in [0.1, 0.15) is 24.3 Å². The Morgan fingerprint density at radius 2 is 2.28 bits per heavy atom. The van der Waals surface area contributed by atoms with E-state index in [4.69, 9.17) is 10.5 Å². The van der Waals surface area contributed by atoms with Crippen molar-refractivity contribution in [3.05, 3.63) is 33.4 Å². The number of thiazole rings is 1. The van der Waals surface area contributed by atoms with Crippen molar-refractivity contribution >= 4 is 23.2 Å². The van der Waals surface area contributed by atoms with Crippen LogP contribution in [0.15, 0.2) is 12.1 Å². The SMILES string of the molecule is CN1CC[C@@](O)(C#Cc2cc3c(cc2F)OC[C@H](O)c2sc(C(N)=O)nc2-3)C1=O. The summed E-state index contributed by atoms with van der Waals surface area (Å²) in [7, 11) is 1.55. The summed E-state index contributed by atoms with van der Waals surface area (Å²) >= 11 is 0.937. The molecule has 0 saturated carbocycles. The normalized spacial score (nSPS) is 22.8. The Morgan fingerprint density at radius 3 is 2.93 bits per heavy atom.